The van der Waals surface area contributed by atoms with Crippen LogP contribution in [0, 0.1) is 5.92 Å². The molecule has 0 aliphatic heterocycles. The summed E-state index contributed by atoms with van der Waals surface area (Å²) in [4.78, 5) is 28.8. The maximum absolute atomic E-state index is 11.4. The van der Waals surface area contributed by atoms with Crippen LogP contribution in [0.2, 0.25) is 0 Å². The first-order chi connectivity index (χ1) is 9.08. The zero-order chi connectivity index (χ0) is 14.1. The van der Waals surface area contributed by atoms with Gasteiger partial charge in [0.25, 0.3) is 0 Å². The van der Waals surface area contributed by atoms with Crippen molar-refractivity contribution in [2.75, 3.05) is 13.1 Å². The van der Waals surface area contributed by atoms with Crippen molar-refractivity contribution in [1.82, 2.24) is 20.6 Å². The topological polar surface area (TPSA) is 107 Å². The molecule has 0 saturated carbocycles. The first-order valence-corrected chi connectivity index (χ1v) is 6.29. The van der Waals surface area contributed by atoms with Crippen molar-refractivity contribution in [2.24, 2.45) is 5.92 Å². The lowest BCUT2D eigenvalue weighted by Crippen LogP contribution is -2.38. The molecule has 0 aromatic carbocycles. The molecule has 4 N–H and O–H groups in total. The lowest BCUT2D eigenvalue weighted by atomic mass is 10.1. The van der Waals surface area contributed by atoms with Crippen molar-refractivity contribution in [3.05, 3.63) is 18.2 Å². The summed E-state index contributed by atoms with van der Waals surface area (Å²) in [5.74, 6) is 0.164. The third kappa shape index (κ3) is 7.07. The minimum atomic E-state index is -0.810. The first-order valence-electron chi connectivity index (χ1n) is 6.29. The number of amides is 2. The largest absolute Gasteiger partial charge is 0.481 e. The van der Waals surface area contributed by atoms with Gasteiger partial charge in [0.05, 0.1) is 0 Å². The molecule has 0 aliphatic carbocycles. The Bertz CT molecular complexity index is 392. The zero-order valence-electron chi connectivity index (χ0n) is 11.0. The van der Waals surface area contributed by atoms with E-state index in [1.165, 1.54) is 0 Å². The number of carboxylic acid groups (broad SMARTS) is 1. The van der Waals surface area contributed by atoms with Crippen LogP contribution in [0.3, 0.4) is 0 Å². The summed E-state index contributed by atoms with van der Waals surface area (Å²) in [6, 6.07) is -0.242. The van der Waals surface area contributed by atoms with Crippen molar-refractivity contribution < 1.29 is 14.7 Å². The molecule has 1 rings (SSSR count). The van der Waals surface area contributed by atoms with E-state index in [4.69, 9.17) is 5.11 Å². The number of aromatic amines is 1. The maximum Gasteiger partial charge on any atom is 0.314 e. The van der Waals surface area contributed by atoms with E-state index >= 15 is 0 Å². The van der Waals surface area contributed by atoms with Gasteiger partial charge in [0.15, 0.2) is 0 Å². The van der Waals surface area contributed by atoms with Crippen LogP contribution in [0.5, 0.6) is 0 Å². The average molecular weight is 268 g/mol. The highest BCUT2D eigenvalue weighted by molar-refractivity contribution is 5.73. The number of carbonyl (C=O) groups excluding carboxylic acids is 1. The highest BCUT2D eigenvalue weighted by Crippen LogP contribution is 2.03. The number of hydrogen-bond acceptors (Lipinski definition) is 3. The van der Waals surface area contributed by atoms with Crippen LogP contribution >= 0.6 is 0 Å². The van der Waals surface area contributed by atoms with Gasteiger partial charge in [-0.05, 0) is 12.3 Å². The molecule has 7 nitrogen and oxygen atoms in total. The average Bonchev–Trinajstić information content (AvgIpc) is 2.87. The van der Waals surface area contributed by atoms with E-state index in [0.29, 0.717) is 25.9 Å². The van der Waals surface area contributed by atoms with E-state index in [1.54, 1.807) is 12.4 Å². The predicted octanol–water partition coefficient (Wildman–Crippen LogP) is 0.752. The van der Waals surface area contributed by atoms with Gasteiger partial charge in [-0.15, -0.1) is 0 Å². The molecule has 1 unspecified atom stereocenters. The fourth-order valence-corrected chi connectivity index (χ4v) is 1.53. The first kappa shape index (κ1) is 15.0. The molecule has 0 radical (unpaired) electrons. The van der Waals surface area contributed by atoms with Gasteiger partial charge in [-0.1, -0.05) is 6.92 Å². The lowest BCUT2D eigenvalue weighted by Gasteiger charge is -2.12. The van der Waals surface area contributed by atoms with Gasteiger partial charge in [0.1, 0.15) is 5.82 Å². The van der Waals surface area contributed by atoms with Gasteiger partial charge in [-0.3, -0.25) is 4.79 Å². The zero-order valence-corrected chi connectivity index (χ0v) is 11.0. The molecule has 0 aliphatic rings. The molecule has 1 heterocycles. The molecule has 0 spiro atoms. The summed E-state index contributed by atoms with van der Waals surface area (Å²) in [6.07, 6.45) is 4.74. The van der Waals surface area contributed by atoms with Gasteiger partial charge >= 0.3 is 12.0 Å². The lowest BCUT2D eigenvalue weighted by molar-refractivity contribution is -0.137. The van der Waals surface area contributed by atoms with Crippen LogP contribution in [-0.4, -0.2) is 40.2 Å². The second kappa shape index (κ2) is 8.12. The van der Waals surface area contributed by atoms with Crippen LogP contribution in [0.1, 0.15) is 25.6 Å². The highest BCUT2D eigenvalue weighted by Gasteiger charge is 2.07. The summed E-state index contributed by atoms with van der Waals surface area (Å²) >= 11 is 0. The smallest absolute Gasteiger partial charge is 0.314 e. The number of hydrogen-bond donors (Lipinski definition) is 4. The molecule has 106 valence electrons. The summed E-state index contributed by atoms with van der Waals surface area (Å²) in [5.41, 5.74) is 0. The van der Waals surface area contributed by atoms with Crippen LogP contribution < -0.4 is 10.6 Å². The number of aliphatic carboxylic acids is 1. The third-order valence-electron chi connectivity index (χ3n) is 2.66. The molecule has 0 bridgehead atoms. The molecular weight excluding hydrogens is 248 g/mol. The highest BCUT2D eigenvalue weighted by atomic mass is 16.4. The number of carbonyl (C=O) groups is 2. The second-order valence-electron chi connectivity index (χ2n) is 4.46. The van der Waals surface area contributed by atoms with Crippen LogP contribution in [0.25, 0.3) is 0 Å². The number of nitrogens with one attached hydrogen (secondary N) is 3. The number of H-pyrrole nitrogens is 1. The van der Waals surface area contributed by atoms with E-state index in [-0.39, 0.29) is 18.4 Å². The molecule has 1 aromatic rings. The Balaban J connectivity index is 2.05. The predicted molar refractivity (Wildman–Crippen MR) is 69.7 cm³/mol. The molecule has 2 amide bonds. The Morgan fingerprint density at radius 1 is 1.47 bits per heavy atom. The standard InChI is InChI=1S/C12H20N4O3/c1-9(2-3-11(17)18)8-16-12(19)15-5-4-10-13-6-7-14-10/h6-7,9H,2-5,8H2,1H3,(H,13,14)(H,17,18)(H2,15,16,19). The number of urea groups is 1. The summed E-state index contributed by atoms with van der Waals surface area (Å²) in [6.45, 7) is 2.88. The summed E-state index contributed by atoms with van der Waals surface area (Å²) in [7, 11) is 0. The number of aromatic nitrogens is 2. The van der Waals surface area contributed by atoms with Crippen molar-refractivity contribution in [2.45, 2.75) is 26.2 Å². The Labute approximate surface area is 111 Å². The summed E-state index contributed by atoms with van der Waals surface area (Å²) in [5, 5.41) is 14.0. The van der Waals surface area contributed by atoms with Crippen LogP contribution in [0.4, 0.5) is 4.79 Å². The van der Waals surface area contributed by atoms with Gasteiger partial charge < -0.3 is 20.7 Å². The van der Waals surface area contributed by atoms with E-state index in [2.05, 4.69) is 20.6 Å². The monoisotopic (exact) mass is 268 g/mol. The fourth-order valence-electron chi connectivity index (χ4n) is 1.53. The second-order valence-corrected chi connectivity index (χ2v) is 4.46. The van der Waals surface area contributed by atoms with E-state index in [1.807, 2.05) is 6.92 Å². The minimum Gasteiger partial charge on any atom is -0.481 e. The molecule has 7 heteroatoms. The van der Waals surface area contributed by atoms with E-state index in [0.717, 1.165) is 5.82 Å². The third-order valence-corrected chi connectivity index (χ3v) is 2.66. The molecule has 1 aromatic heterocycles. The molecule has 1 atom stereocenters. The van der Waals surface area contributed by atoms with Crippen molar-refractivity contribution in [1.29, 1.82) is 0 Å². The number of nitrogens with zero attached hydrogens (tertiary/aromatic N) is 1. The fraction of sp³-hybridized carbons (Fsp3) is 0.583. The minimum absolute atomic E-state index is 0.128. The Kier molecular flexibility index (Phi) is 6.42. The number of rotatable bonds is 8. The maximum atomic E-state index is 11.4. The molecule has 0 fully saturated rings. The molecule has 0 saturated heterocycles. The summed E-state index contributed by atoms with van der Waals surface area (Å²) < 4.78 is 0. The van der Waals surface area contributed by atoms with Crippen molar-refractivity contribution in [3.63, 3.8) is 0 Å². The number of carboxylic acids is 1. The number of imidazole rings is 1. The van der Waals surface area contributed by atoms with Crippen molar-refractivity contribution in [3.8, 4) is 0 Å². The van der Waals surface area contributed by atoms with Gasteiger partial charge in [-0.25, -0.2) is 9.78 Å². The van der Waals surface area contributed by atoms with E-state index in [9.17, 15) is 9.59 Å². The Hall–Kier alpha value is -2.05. The molecule has 19 heavy (non-hydrogen) atoms. The van der Waals surface area contributed by atoms with Gasteiger partial charge in [0, 0.05) is 38.3 Å². The Morgan fingerprint density at radius 2 is 2.26 bits per heavy atom. The normalized spacial score (nSPS) is 11.8. The van der Waals surface area contributed by atoms with E-state index < -0.39 is 5.97 Å². The van der Waals surface area contributed by atoms with Gasteiger partial charge in [-0.2, -0.15) is 0 Å². The SMILES string of the molecule is CC(CCC(=O)O)CNC(=O)NCCc1ncc[nH]1. The Morgan fingerprint density at radius 3 is 2.89 bits per heavy atom. The van der Waals surface area contributed by atoms with Crippen molar-refractivity contribution >= 4 is 12.0 Å². The molecular formula is C12H20N4O3. The van der Waals surface area contributed by atoms with Crippen LogP contribution in [0.15, 0.2) is 12.4 Å². The van der Waals surface area contributed by atoms with Crippen LogP contribution in [-0.2, 0) is 11.2 Å². The quantitative estimate of drug-likeness (QED) is 0.558. The van der Waals surface area contributed by atoms with Gasteiger partial charge in [0.2, 0.25) is 0 Å².